The number of hydrogen-bond donors (Lipinski definition) is 1. The van der Waals surface area contributed by atoms with Crippen LogP contribution >= 0.6 is 38.9 Å². The van der Waals surface area contributed by atoms with Gasteiger partial charge in [0, 0.05) is 4.47 Å². The number of nitrogens with one attached hydrogen (secondary N) is 1. The minimum atomic E-state index is -0.543. The van der Waals surface area contributed by atoms with Gasteiger partial charge in [0.2, 0.25) is 0 Å². The van der Waals surface area contributed by atoms with Crippen LogP contribution in [0.3, 0.4) is 0 Å². The molecule has 0 aliphatic rings. The predicted octanol–water partition coefficient (Wildman–Crippen LogP) is 5.06. The van der Waals surface area contributed by atoms with Gasteiger partial charge in [0.15, 0.2) is 5.13 Å². The zero-order chi connectivity index (χ0) is 14.2. The Bertz CT molecular complexity index is 597. The van der Waals surface area contributed by atoms with Crippen LogP contribution in [0.15, 0.2) is 16.6 Å². The van der Waals surface area contributed by atoms with Gasteiger partial charge in [-0.2, -0.15) is 0 Å². The molecule has 0 saturated carbocycles. The Morgan fingerprint density at radius 2 is 2.16 bits per heavy atom. The van der Waals surface area contributed by atoms with Crippen molar-refractivity contribution < 1.29 is 9.53 Å². The highest BCUT2D eigenvalue weighted by molar-refractivity contribution is 9.10. The fourth-order valence-corrected chi connectivity index (χ4v) is 3.09. The Morgan fingerprint density at radius 1 is 1.47 bits per heavy atom. The number of nitrogens with zero attached hydrogens (tertiary/aromatic N) is 1. The summed E-state index contributed by atoms with van der Waals surface area (Å²) in [5, 5.41) is 3.61. The largest absolute Gasteiger partial charge is 0.444 e. The molecule has 1 aromatic heterocycles. The molecule has 1 amide bonds. The maximum Gasteiger partial charge on any atom is 0.413 e. The summed E-state index contributed by atoms with van der Waals surface area (Å²) in [6, 6.07) is 3.60. The van der Waals surface area contributed by atoms with E-state index in [9.17, 15) is 4.79 Å². The summed E-state index contributed by atoms with van der Waals surface area (Å²) < 4.78 is 6.95. The lowest BCUT2D eigenvalue weighted by Crippen LogP contribution is -2.27. The molecule has 0 aliphatic carbocycles. The molecule has 0 fully saturated rings. The summed E-state index contributed by atoms with van der Waals surface area (Å²) in [5.74, 6) is 0. The van der Waals surface area contributed by atoms with Crippen molar-refractivity contribution in [3.05, 3.63) is 21.6 Å². The van der Waals surface area contributed by atoms with Gasteiger partial charge in [-0.3, -0.25) is 5.32 Å². The summed E-state index contributed by atoms with van der Waals surface area (Å²) in [6.07, 6.45) is -0.529. The second-order valence-corrected chi connectivity index (χ2v) is 7.11. The fraction of sp³-hybridized carbons (Fsp3) is 0.333. The van der Waals surface area contributed by atoms with Crippen molar-refractivity contribution in [2.24, 2.45) is 0 Å². The number of anilines is 1. The van der Waals surface area contributed by atoms with E-state index in [0.29, 0.717) is 15.7 Å². The zero-order valence-electron chi connectivity index (χ0n) is 10.6. The molecule has 1 aromatic carbocycles. The summed E-state index contributed by atoms with van der Waals surface area (Å²) >= 11 is 10.8. The van der Waals surface area contributed by atoms with Crippen molar-refractivity contribution in [2.75, 3.05) is 5.32 Å². The first-order valence-electron chi connectivity index (χ1n) is 5.51. The maximum absolute atomic E-state index is 11.7. The Labute approximate surface area is 128 Å². The van der Waals surface area contributed by atoms with E-state index in [-0.39, 0.29) is 0 Å². The summed E-state index contributed by atoms with van der Waals surface area (Å²) in [7, 11) is 0. The number of hydrogen-bond acceptors (Lipinski definition) is 4. The molecule has 0 bridgehead atoms. The van der Waals surface area contributed by atoms with Crippen molar-refractivity contribution in [2.45, 2.75) is 26.4 Å². The molecule has 2 rings (SSSR count). The molecule has 7 heteroatoms. The summed E-state index contributed by atoms with van der Waals surface area (Å²) in [5.41, 5.74) is 0.117. The topological polar surface area (TPSA) is 51.2 Å². The lowest BCUT2D eigenvalue weighted by molar-refractivity contribution is 0.0636. The first-order valence-corrected chi connectivity index (χ1v) is 7.49. The molecule has 102 valence electrons. The van der Waals surface area contributed by atoms with Crippen LogP contribution in [-0.4, -0.2) is 16.7 Å². The van der Waals surface area contributed by atoms with Crippen molar-refractivity contribution >= 4 is 60.3 Å². The van der Waals surface area contributed by atoms with Crippen LogP contribution in [0.2, 0.25) is 5.02 Å². The normalized spacial score (nSPS) is 11.6. The minimum absolute atomic E-state index is 0.457. The highest BCUT2D eigenvalue weighted by atomic mass is 79.9. The molecule has 2 aromatic rings. The highest BCUT2D eigenvalue weighted by Crippen LogP contribution is 2.36. The van der Waals surface area contributed by atoms with Gasteiger partial charge >= 0.3 is 6.09 Å². The van der Waals surface area contributed by atoms with E-state index < -0.39 is 11.7 Å². The zero-order valence-corrected chi connectivity index (χ0v) is 13.7. The Morgan fingerprint density at radius 3 is 2.74 bits per heavy atom. The van der Waals surface area contributed by atoms with Crippen LogP contribution in [0.5, 0.6) is 0 Å². The quantitative estimate of drug-likeness (QED) is 0.770. The number of benzene rings is 1. The van der Waals surface area contributed by atoms with E-state index in [2.05, 4.69) is 26.2 Å². The third-order valence-electron chi connectivity index (χ3n) is 2.05. The van der Waals surface area contributed by atoms with Gasteiger partial charge in [-0.1, -0.05) is 22.9 Å². The van der Waals surface area contributed by atoms with Crippen LogP contribution in [0.1, 0.15) is 20.8 Å². The molecular formula is C12H12BrClN2O2S. The second kappa shape index (κ2) is 5.26. The third kappa shape index (κ3) is 3.58. The fourth-order valence-electron chi connectivity index (χ4n) is 1.39. The molecular weight excluding hydrogens is 352 g/mol. The van der Waals surface area contributed by atoms with Crippen LogP contribution < -0.4 is 5.32 Å². The SMILES string of the molecule is CC(C)(C)OC(=O)Nc1nc2c(Cl)ccc(Br)c2s1. The van der Waals surface area contributed by atoms with E-state index in [1.54, 1.807) is 26.8 Å². The lowest BCUT2D eigenvalue weighted by atomic mass is 10.2. The highest BCUT2D eigenvalue weighted by Gasteiger charge is 2.18. The van der Waals surface area contributed by atoms with Gasteiger partial charge in [0.05, 0.1) is 9.72 Å². The molecule has 0 atom stereocenters. The van der Waals surface area contributed by atoms with E-state index in [1.807, 2.05) is 6.07 Å². The Balaban J connectivity index is 2.25. The van der Waals surface area contributed by atoms with E-state index in [4.69, 9.17) is 16.3 Å². The second-order valence-electron chi connectivity index (χ2n) is 4.85. The average Bonchev–Trinajstić information content (AvgIpc) is 2.65. The number of carbonyl (C=O) groups excluding carboxylic acids is 1. The first kappa shape index (κ1) is 14.6. The van der Waals surface area contributed by atoms with Gasteiger partial charge < -0.3 is 4.74 Å². The predicted molar refractivity (Wildman–Crippen MR) is 82.2 cm³/mol. The lowest BCUT2D eigenvalue weighted by Gasteiger charge is -2.18. The molecule has 0 aliphatic heterocycles. The molecule has 0 radical (unpaired) electrons. The van der Waals surface area contributed by atoms with Gasteiger partial charge in [0.25, 0.3) is 0 Å². The van der Waals surface area contributed by atoms with Crippen molar-refractivity contribution in [3.8, 4) is 0 Å². The minimum Gasteiger partial charge on any atom is -0.444 e. The number of halogens is 2. The van der Waals surface area contributed by atoms with Crippen LogP contribution in [-0.2, 0) is 4.74 Å². The van der Waals surface area contributed by atoms with Crippen LogP contribution in [0, 0.1) is 0 Å². The molecule has 19 heavy (non-hydrogen) atoms. The Kier molecular flexibility index (Phi) is 4.03. The number of aromatic nitrogens is 1. The van der Waals surface area contributed by atoms with E-state index in [0.717, 1.165) is 9.17 Å². The number of thiazole rings is 1. The smallest absolute Gasteiger partial charge is 0.413 e. The van der Waals surface area contributed by atoms with Gasteiger partial charge in [-0.25, -0.2) is 9.78 Å². The number of rotatable bonds is 1. The van der Waals surface area contributed by atoms with Crippen molar-refractivity contribution in [3.63, 3.8) is 0 Å². The number of amides is 1. The van der Waals surface area contributed by atoms with E-state index >= 15 is 0 Å². The monoisotopic (exact) mass is 362 g/mol. The number of carbonyl (C=O) groups is 1. The number of ether oxygens (including phenoxy) is 1. The molecule has 1 heterocycles. The number of fused-ring (bicyclic) bond motifs is 1. The summed E-state index contributed by atoms with van der Waals surface area (Å²) in [6.45, 7) is 5.41. The van der Waals surface area contributed by atoms with Gasteiger partial charge in [-0.15, -0.1) is 0 Å². The standard InChI is InChI=1S/C12H12BrClN2O2S/c1-12(2,3)18-11(17)16-10-15-8-7(14)5-4-6(13)9(8)19-10/h4-5H,1-3H3,(H,15,16,17). The van der Waals surface area contributed by atoms with Crippen molar-refractivity contribution in [1.82, 2.24) is 4.98 Å². The van der Waals surface area contributed by atoms with Gasteiger partial charge in [-0.05, 0) is 48.8 Å². The average molecular weight is 364 g/mol. The molecule has 4 nitrogen and oxygen atoms in total. The van der Waals surface area contributed by atoms with E-state index in [1.165, 1.54) is 11.3 Å². The molecule has 0 spiro atoms. The summed E-state index contributed by atoms with van der Waals surface area (Å²) in [4.78, 5) is 16.0. The third-order valence-corrected chi connectivity index (χ3v) is 4.29. The molecule has 1 N–H and O–H groups in total. The first-order chi connectivity index (χ1) is 8.76. The maximum atomic E-state index is 11.7. The van der Waals surface area contributed by atoms with Crippen LogP contribution in [0.4, 0.5) is 9.93 Å². The van der Waals surface area contributed by atoms with Gasteiger partial charge in [0.1, 0.15) is 11.1 Å². The molecule has 0 saturated heterocycles. The molecule has 0 unspecified atom stereocenters. The van der Waals surface area contributed by atoms with Crippen molar-refractivity contribution in [1.29, 1.82) is 0 Å². The Hall–Kier alpha value is -0.850. The van der Waals surface area contributed by atoms with Crippen LogP contribution in [0.25, 0.3) is 10.2 Å².